The van der Waals surface area contributed by atoms with Crippen LogP contribution in [-0.4, -0.2) is 28.5 Å². The molecular formula is C21H23FN2O2S. The Labute approximate surface area is 163 Å². The number of nitrogens with one attached hydrogen (secondary N) is 1. The predicted molar refractivity (Wildman–Crippen MR) is 106 cm³/mol. The summed E-state index contributed by atoms with van der Waals surface area (Å²) in [4.78, 5) is 26.6. The number of benzene rings is 2. The molecule has 0 radical (unpaired) electrons. The molecule has 0 saturated carbocycles. The summed E-state index contributed by atoms with van der Waals surface area (Å²) in [6.45, 7) is 4.67. The van der Waals surface area contributed by atoms with Crippen molar-refractivity contribution in [3.63, 3.8) is 0 Å². The molecule has 2 aromatic rings. The first-order chi connectivity index (χ1) is 13.0. The van der Waals surface area contributed by atoms with Gasteiger partial charge < -0.3 is 10.2 Å². The van der Waals surface area contributed by atoms with Crippen LogP contribution in [0.5, 0.6) is 0 Å². The van der Waals surface area contributed by atoms with Gasteiger partial charge in [-0.3, -0.25) is 9.59 Å². The van der Waals surface area contributed by atoms with Gasteiger partial charge in [0.1, 0.15) is 11.2 Å². The number of thioether (sulfide) groups is 1. The third kappa shape index (κ3) is 4.69. The first-order valence-electron chi connectivity index (χ1n) is 8.98. The number of halogens is 1. The van der Waals surface area contributed by atoms with Crippen molar-refractivity contribution in [3.8, 4) is 0 Å². The Morgan fingerprint density at radius 3 is 2.59 bits per heavy atom. The van der Waals surface area contributed by atoms with Crippen LogP contribution < -0.4 is 5.32 Å². The Morgan fingerprint density at radius 2 is 1.89 bits per heavy atom. The van der Waals surface area contributed by atoms with Gasteiger partial charge in [-0.15, -0.1) is 11.8 Å². The smallest absolute Gasteiger partial charge is 0.236 e. The van der Waals surface area contributed by atoms with Gasteiger partial charge in [-0.05, 0) is 42.7 Å². The highest BCUT2D eigenvalue weighted by atomic mass is 32.2. The van der Waals surface area contributed by atoms with Crippen LogP contribution in [0.4, 0.5) is 4.39 Å². The van der Waals surface area contributed by atoms with E-state index in [4.69, 9.17) is 0 Å². The molecule has 2 amide bonds. The number of carbonyl (C=O) groups excluding carboxylic acids is 2. The van der Waals surface area contributed by atoms with Crippen molar-refractivity contribution in [3.05, 3.63) is 71.0 Å². The van der Waals surface area contributed by atoms with Gasteiger partial charge in [-0.2, -0.15) is 0 Å². The van der Waals surface area contributed by atoms with Gasteiger partial charge in [0.2, 0.25) is 11.8 Å². The molecular weight excluding hydrogens is 363 g/mol. The van der Waals surface area contributed by atoms with E-state index in [0.717, 1.165) is 16.7 Å². The molecule has 0 bridgehead atoms. The molecule has 0 unspecified atom stereocenters. The average molecular weight is 386 g/mol. The molecule has 0 aliphatic carbocycles. The summed E-state index contributed by atoms with van der Waals surface area (Å²) in [6, 6.07) is 14.1. The summed E-state index contributed by atoms with van der Waals surface area (Å²) in [5, 5.41) is 2.66. The van der Waals surface area contributed by atoms with Crippen molar-refractivity contribution >= 4 is 23.6 Å². The molecule has 1 N–H and O–H groups in total. The number of nitrogens with zero attached hydrogens (tertiary/aromatic N) is 1. The van der Waals surface area contributed by atoms with Crippen molar-refractivity contribution in [1.82, 2.24) is 10.2 Å². The van der Waals surface area contributed by atoms with E-state index in [0.29, 0.717) is 13.1 Å². The van der Waals surface area contributed by atoms with Crippen molar-refractivity contribution < 1.29 is 14.0 Å². The first kappa shape index (κ1) is 19.4. The minimum Gasteiger partial charge on any atom is -0.352 e. The summed E-state index contributed by atoms with van der Waals surface area (Å²) in [5.41, 5.74) is 3.10. The first-order valence-corrected chi connectivity index (χ1v) is 9.92. The number of rotatable bonds is 6. The molecule has 1 aliphatic rings. The fourth-order valence-electron chi connectivity index (χ4n) is 3.12. The van der Waals surface area contributed by atoms with Crippen LogP contribution >= 0.6 is 11.8 Å². The maximum Gasteiger partial charge on any atom is 0.236 e. The van der Waals surface area contributed by atoms with Crippen molar-refractivity contribution in [1.29, 1.82) is 0 Å². The average Bonchev–Trinajstić information content (AvgIpc) is 2.94. The summed E-state index contributed by atoms with van der Waals surface area (Å²) < 4.78 is 12.9. The molecule has 142 valence electrons. The largest absolute Gasteiger partial charge is 0.352 e. The van der Waals surface area contributed by atoms with Crippen molar-refractivity contribution in [2.45, 2.75) is 37.4 Å². The van der Waals surface area contributed by atoms with E-state index in [1.165, 1.54) is 12.1 Å². The quantitative estimate of drug-likeness (QED) is 0.821. The minimum absolute atomic E-state index is 0.0569. The standard InChI is InChI=1S/C21H23FN2O2S/c1-14-5-3-4-6-18(14)21-24(20(26)15(2)27-21)12-11-19(25)23-13-16-7-9-17(22)10-8-16/h3-10,15,21H,11-13H2,1-2H3,(H,23,25)/t15-,21+/m1/s1. The van der Waals surface area contributed by atoms with E-state index >= 15 is 0 Å². The normalized spacial score (nSPS) is 19.4. The van der Waals surface area contributed by atoms with Gasteiger partial charge in [0.15, 0.2) is 0 Å². The lowest BCUT2D eigenvalue weighted by molar-refractivity contribution is -0.130. The highest BCUT2D eigenvalue weighted by molar-refractivity contribution is 8.01. The van der Waals surface area contributed by atoms with Crippen molar-refractivity contribution in [2.24, 2.45) is 0 Å². The summed E-state index contributed by atoms with van der Waals surface area (Å²) in [5.74, 6) is -0.355. The summed E-state index contributed by atoms with van der Waals surface area (Å²) in [6.07, 6.45) is 0.239. The lowest BCUT2D eigenvalue weighted by Crippen LogP contribution is -2.34. The molecule has 1 aliphatic heterocycles. The van der Waals surface area contributed by atoms with E-state index in [2.05, 4.69) is 5.32 Å². The molecule has 2 atom stereocenters. The topological polar surface area (TPSA) is 49.4 Å². The Hall–Kier alpha value is -2.34. The second-order valence-corrected chi connectivity index (χ2v) is 8.10. The minimum atomic E-state index is -0.300. The van der Waals surface area contributed by atoms with Crippen LogP contribution in [0.15, 0.2) is 48.5 Å². The van der Waals surface area contributed by atoms with E-state index in [1.54, 1.807) is 28.8 Å². The fourth-order valence-corrected chi connectivity index (χ4v) is 4.53. The number of carbonyl (C=O) groups is 2. The Bertz CT molecular complexity index is 825. The molecule has 0 aromatic heterocycles. The van der Waals surface area contributed by atoms with Crippen LogP contribution in [0.2, 0.25) is 0 Å². The summed E-state index contributed by atoms with van der Waals surface area (Å²) in [7, 11) is 0. The molecule has 1 fully saturated rings. The number of hydrogen-bond donors (Lipinski definition) is 1. The monoisotopic (exact) mass is 386 g/mol. The predicted octanol–water partition coefficient (Wildman–Crippen LogP) is 3.80. The zero-order chi connectivity index (χ0) is 19.4. The molecule has 1 heterocycles. The van der Waals surface area contributed by atoms with Gasteiger partial charge in [-0.25, -0.2) is 4.39 Å². The highest BCUT2D eigenvalue weighted by Gasteiger charge is 2.38. The Balaban J connectivity index is 1.59. The van der Waals surface area contributed by atoms with Crippen molar-refractivity contribution in [2.75, 3.05) is 6.54 Å². The van der Waals surface area contributed by atoms with E-state index in [9.17, 15) is 14.0 Å². The lowest BCUT2D eigenvalue weighted by atomic mass is 10.1. The number of hydrogen-bond acceptors (Lipinski definition) is 3. The zero-order valence-electron chi connectivity index (χ0n) is 15.4. The van der Waals surface area contributed by atoms with Crippen LogP contribution in [0.25, 0.3) is 0 Å². The molecule has 0 spiro atoms. The number of aryl methyl sites for hydroxylation is 1. The maximum atomic E-state index is 12.9. The van der Waals surface area contributed by atoms with E-state index in [1.807, 2.05) is 38.1 Å². The maximum absolute atomic E-state index is 12.9. The van der Waals surface area contributed by atoms with E-state index in [-0.39, 0.29) is 34.7 Å². The van der Waals surface area contributed by atoms with Gasteiger partial charge in [0.25, 0.3) is 0 Å². The highest BCUT2D eigenvalue weighted by Crippen LogP contribution is 2.43. The third-order valence-electron chi connectivity index (χ3n) is 4.68. The van der Waals surface area contributed by atoms with Crippen LogP contribution in [-0.2, 0) is 16.1 Å². The Kier molecular flexibility index (Phi) is 6.16. The van der Waals surface area contributed by atoms with Gasteiger partial charge in [-0.1, -0.05) is 36.4 Å². The second kappa shape index (κ2) is 8.57. The van der Waals surface area contributed by atoms with Gasteiger partial charge in [0.05, 0.1) is 5.25 Å². The molecule has 3 rings (SSSR count). The lowest BCUT2D eigenvalue weighted by Gasteiger charge is -2.25. The second-order valence-electron chi connectivity index (χ2n) is 6.67. The van der Waals surface area contributed by atoms with Crippen LogP contribution in [0.1, 0.15) is 35.4 Å². The zero-order valence-corrected chi connectivity index (χ0v) is 16.3. The Morgan fingerprint density at radius 1 is 1.19 bits per heavy atom. The molecule has 6 heteroatoms. The number of amides is 2. The van der Waals surface area contributed by atoms with E-state index < -0.39 is 0 Å². The SMILES string of the molecule is Cc1ccccc1[C@@H]1S[C@H](C)C(=O)N1CCC(=O)NCc1ccc(F)cc1. The summed E-state index contributed by atoms with van der Waals surface area (Å²) >= 11 is 1.62. The molecule has 2 aromatic carbocycles. The molecule has 27 heavy (non-hydrogen) atoms. The van der Waals surface area contributed by atoms with Crippen LogP contribution in [0, 0.1) is 12.7 Å². The third-order valence-corrected chi connectivity index (χ3v) is 6.06. The molecule has 1 saturated heterocycles. The van der Waals surface area contributed by atoms with Gasteiger partial charge in [0, 0.05) is 19.5 Å². The van der Waals surface area contributed by atoms with Gasteiger partial charge >= 0.3 is 0 Å². The fraction of sp³-hybridized carbons (Fsp3) is 0.333. The molecule has 4 nitrogen and oxygen atoms in total. The van der Waals surface area contributed by atoms with Crippen LogP contribution in [0.3, 0.4) is 0 Å².